The van der Waals surface area contributed by atoms with Crippen molar-refractivity contribution in [3.05, 3.63) is 0 Å². The van der Waals surface area contributed by atoms with E-state index in [1.807, 2.05) is 0 Å². The van der Waals surface area contributed by atoms with Gasteiger partial charge in [0.15, 0.2) is 10.0 Å². The van der Waals surface area contributed by atoms with Crippen LogP contribution < -0.4 is 0 Å². The van der Waals surface area contributed by atoms with Gasteiger partial charge in [-0.05, 0) is 0 Å². The molecule has 0 heterocycles. The van der Waals surface area contributed by atoms with Gasteiger partial charge < -0.3 is 5.11 Å². The van der Waals surface area contributed by atoms with E-state index < -0.39 is 41.0 Å². The number of alkyl halides is 6. The highest BCUT2D eigenvalue weighted by Crippen LogP contribution is 2.57. The molecule has 0 saturated carbocycles. The zero-order chi connectivity index (χ0) is 16.6. The Morgan fingerprint density at radius 3 is 1.60 bits per heavy atom. The average Bonchev–Trinajstić information content (AvgIpc) is 2.26. The summed E-state index contributed by atoms with van der Waals surface area (Å²) in [5.74, 6) is -7.88. The number of aliphatic hydroxyl groups is 1. The lowest BCUT2D eigenvalue weighted by atomic mass is 10.1. The molecule has 2 nitrogen and oxygen atoms in total. The number of aliphatic hydroxyl groups excluding tert-OH is 1. The SMILES string of the molecule is CCC(F)(F)C(P)(P)C(F)(F)O[C@@](F)(CO)C(F)(P)P. The first-order valence-electron chi connectivity index (χ1n) is 5.18. The molecule has 0 aromatic heterocycles. The minimum Gasteiger partial charge on any atom is -0.390 e. The Labute approximate surface area is 122 Å². The van der Waals surface area contributed by atoms with Crippen LogP contribution in [-0.2, 0) is 4.74 Å². The molecule has 1 N–H and O–H groups in total. The minimum absolute atomic E-state index is 0.943. The highest BCUT2D eigenvalue weighted by Gasteiger charge is 2.67. The van der Waals surface area contributed by atoms with Gasteiger partial charge in [-0.1, -0.05) is 25.4 Å². The summed E-state index contributed by atoms with van der Waals surface area (Å²) < 4.78 is 85.6. The first kappa shape index (κ1) is 21.2. The summed E-state index contributed by atoms with van der Waals surface area (Å²) in [5.41, 5.74) is 0. The molecule has 20 heavy (non-hydrogen) atoms. The van der Waals surface area contributed by atoms with Crippen LogP contribution in [0.2, 0.25) is 0 Å². The zero-order valence-electron chi connectivity index (χ0n) is 10.3. The maximum Gasteiger partial charge on any atom is 0.376 e. The highest BCUT2D eigenvalue weighted by atomic mass is 31.1. The molecule has 0 rings (SSSR count). The second-order valence-electron chi connectivity index (χ2n) is 4.20. The molecule has 0 spiro atoms. The molecule has 0 aliphatic heterocycles. The Kier molecular flexibility index (Phi) is 6.77. The summed E-state index contributed by atoms with van der Waals surface area (Å²) in [4.78, 5) is -3.28. The third kappa shape index (κ3) is 3.94. The third-order valence-electron chi connectivity index (χ3n) is 2.60. The lowest BCUT2D eigenvalue weighted by Gasteiger charge is -2.43. The van der Waals surface area contributed by atoms with Crippen LogP contribution >= 0.6 is 37.0 Å². The van der Waals surface area contributed by atoms with Crippen LogP contribution in [0.15, 0.2) is 0 Å². The fourth-order valence-corrected chi connectivity index (χ4v) is 1.85. The van der Waals surface area contributed by atoms with Crippen LogP contribution in [0.25, 0.3) is 0 Å². The van der Waals surface area contributed by atoms with E-state index in [-0.39, 0.29) is 0 Å². The number of ether oxygens (including phenoxy) is 1. The molecule has 0 aromatic carbocycles. The molecule has 0 radical (unpaired) electrons. The van der Waals surface area contributed by atoms with Gasteiger partial charge in [0.05, 0.1) is 0 Å². The summed E-state index contributed by atoms with van der Waals surface area (Å²) in [6, 6.07) is 0. The second-order valence-corrected chi connectivity index (χ2v) is 9.04. The normalized spacial score (nSPS) is 18.0. The van der Waals surface area contributed by atoms with Crippen LogP contribution in [0.4, 0.5) is 26.3 Å². The van der Waals surface area contributed by atoms with Crippen LogP contribution in [0.5, 0.6) is 0 Å². The van der Waals surface area contributed by atoms with E-state index in [9.17, 15) is 26.3 Å². The predicted molar refractivity (Wildman–Crippen MR) is 77.6 cm³/mol. The van der Waals surface area contributed by atoms with Crippen LogP contribution in [-0.4, -0.2) is 39.6 Å². The number of hydrogen-bond acceptors (Lipinski definition) is 2. The topological polar surface area (TPSA) is 29.5 Å². The molecule has 0 aliphatic rings. The summed E-state index contributed by atoms with van der Waals surface area (Å²) in [6.45, 7) is -0.853. The van der Waals surface area contributed by atoms with Gasteiger partial charge >= 0.3 is 6.11 Å². The number of rotatable bonds is 7. The van der Waals surface area contributed by atoms with Gasteiger partial charge in [-0.25, -0.2) is 17.6 Å². The van der Waals surface area contributed by atoms with E-state index in [2.05, 4.69) is 4.74 Å². The smallest absolute Gasteiger partial charge is 0.376 e. The zero-order valence-corrected chi connectivity index (χ0v) is 15.0. The number of halogens is 6. The van der Waals surface area contributed by atoms with Crippen LogP contribution in [0, 0.1) is 0 Å². The van der Waals surface area contributed by atoms with Crippen molar-refractivity contribution >= 4 is 37.0 Å². The largest absolute Gasteiger partial charge is 0.390 e. The fraction of sp³-hybridized carbons (Fsp3) is 1.00. The van der Waals surface area contributed by atoms with Crippen LogP contribution in [0.3, 0.4) is 0 Å². The van der Waals surface area contributed by atoms with E-state index in [1.54, 1.807) is 0 Å². The van der Waals surface area contributed by atoms with Crippen molar-refractivity contribution in [2.45, 2.75) is 41.3 Å². The summed E-state index contributed by atoms with van der Waals surface area (Å²) in [6.07, 6.45) is -5.79. The Bertz CT molecular complexity index is 348. The van der Waals surface area contributed by atoms with E-state index in [0.717, 1.165) is 6.92 Å². The fourth-order valence-electron chi connectivity index (χ4n) is 1.02. The lowest BCUT2D eigenvalue weighted by molar-refractivity contribution is -0.365. The van der Waals surface area contributed by atoms with E-state index in [0.29, 0.717) is 0 Å². The minimum atomic E-state index is -4.80. The van der Waals surface area contributed by atoms with Crippen molar-refractivity contribution < 1.29 is 36.2 Å². The Morgan fingerprint density at radius 1 is 0.950 bits per heavy atom. The average molecular weight is 382 g/mol. The summed E-state index contributed by atoms with van der Waals surface area (Å²) in [5, 5.41) is 5.51. The maximum absolute atomic E-state index is 13.9. The third-order valence-corrected chi connectivity index (χ3v) is 4.98. The molecule has 0 amide bonds. The Hall–Kier alpha value is 1.22. The van der Waals surface area contributed by atoms with Gasteiger partial charge in [-0.15, -0.1) is 18.5 Å². The van der Waals surface area contributed by atoms with Gasteiger partial charge in [0.2, 0.25) is 0 Å². The van der Waals surface area contributed by atoms with Crippen molar-refractivity contribution in [2.75, 3.05) is 6.61 Å². The molecule has 0 bridgehead atoms. The van der Waals surface area contributed by atoms with Crippen LogP contribution in [0.1, 0.15) is 13.3 Å². The van der Waals surface area contributed by atoms with Crippen molar-refractivity contribution in [3.8, 4) is 0 Å². The molecule has 0 aliphatic carbocycles. The molecule has 5 atom stereocenters. The molecule has 0 saturated heterocycles. The van der Waals surface area contributed by atoms with E-state index >= 15 is 0 Å². The highest BCUT2D eigenvalue weighted by molar-refractivity contribution is 7.40. The van der Waals surface area contributed by atoms with Crippen molar-refractivity contribution in [1.82, 2.24) is 0 Å². The molecular weight excluding hydrogens is 366 g/mol. The second kappa shape index (κ2) is 6.38. The molecule has 122 valence electrons. The van der Waals surface area contributed by atoms with Gasteiger partial charge in [0, 0.05) is 6.42 Å². The first-order valence-corrected chi connectivity index (χ1v) is 7.49. The Balaban J connectivity index is 5.56. The van der Waals surface area contributed by atoms with Crippen molar-refractivity contribution in [1.29, 1.82) is 0 Å². The maximum atomic E-state index is 13.9. The Morgan fingerprint density at radius 2 is 1.35 bits per heavy atom. The van der Waals surface area contributed by atoms with Crippen molar-refractivity contribution in [3.63, 3.8) is 0 Å². The summed E-state index contributed by atoms with van der Waals surface area (Å²) in [7, 11) is 4.73. The monoisotopic (exact) mass is 382 g/mol. The molecule has 12 heteroatoms. The molecule has 0 aromatic rings. The van der Waals surface area contributed by atoms with Gasteiger partial charge in [0.1, 0.15) is 6.61 Å². The summed E-state index contributed by atoms with van der Waals surface area (Å²) >= 11 is 0. The quantitative estimate of drug-likeness (QED) is 0.542. The van der Waals surface area contributed by atoms with Gasteiger partial charge in [-0.2, -0.15) is 8.78 Å². The predicted octanol–water partition coefficient (Wildman–Crippen LogP) is 3.12. The lowest BCUT2D eigenvalue weighted by Crippen LogP contribution is -2.58. The van der Waals surface area contributed by atoms with E-state index in [1.165, 1.54) is 37.0 Å². The standard InChI is InChI=1S/C8H16F6O2P4/c1-2-4(9,10)6(17,18)7(12,13)16-5(11,3-15)8(14,19)20/h15H,2-3,17-20H2,1H3/t5-/m0/s1. The van der Waals surface area contributed by atoms with Gasteiger partial charge in [0.25, 0.3) is 11.8 Å². The van der Waals surface area contributed by atoms with Crippen molar-refractivity contribution in [2.24, 2.45) is 0 Å². The molecule has 4 unspecified atom stereocenters. The number of hydrogen-bond donors (Lipinski definition) is 1. The van der Waals surface area contributed by atoms with Gasteiger partial charge in [-0.3, -0.25) is 4.74 Å². The molecular formula is C8H16F6O2P4. The molecule has 0 fully saturated rings. The first-order chi connectivity index (χ1) is 8.58. The van der Waals surface area contributed by atoms with E-state index in [4.69, 9.17) is 5.11 Å².